The van der Waals surface area contributed by atoms with Crippen LogP contribution in [-0.4, -0.2) is 39.4 Å². The van der Waals surface area contributed by atoms with Crippen LogP contribution in [0.15, 0.2) is 15.6 Å². The first kappa shape index (κ1) is 17.0. The summed E-state index contributed by atoms with van der Waals surface area (Å²) in [6.45, 7) is 4.45. The molecular weight excluding hydrogens is 300 g/mol. The molecule has 7 heteroatoms. The number of hydrogen-bond acceptors (Lipinski definition) is 4. The largest absolute Gasteiger partial charge is 0.359 e. The Morgan fingerprint density at radius 1 is 1.55 bits per heavy atom. The van der Waals surface area contributed by atoms with E-state index in [2.05, 4.69) is 20.8 Å². The minimum absolute atomic E-state index is 0.311. The minimum atomic E-state index is -0.705. The van der Waals surface area contributed by atoms with E-state index in [0.717, 1.165) is 48.8 Å². The average Bonchev–Trinajstić information content (AvgIpc) is 2.96. The molecule has 0 amide bonds. The third-order valence-corrected chi connectivity index (χ3v) is 5.69. The van der Waals surface area contributed by atoms with Gasteiger partial charge in [-0.2, -0.15) is 0 Å². The molecule has 0 radical (unpaired) electrons. The number of aromatic nitrogens is 1. The quantitative estimate of drug-likeness (QED) is 0.636. The zero-order valence-electron chi connectivity index (χ0n) is 13.6. The molecule has 1 aromatic rings. The number of nitrogens with one attached hydrogen (secondary N) is 2. The molecule has 1 aliphatic carbocycles. The molecule has 2 rings (SSSR count). The van der Waals surface area contributed by atoms with Crippen LogP contribution in [0.5, 0.6) is 0 Å². The maximum Gasteiger partial charge on any atom is 0.191 e. The molecule has 6 nitrogen and oxygen atoms in total. The molecule has 0 bridgehead atoms. The van der Waals surface area contributed by atoms with E-state index >= 15 is 0 Å². The zero-order valence-corrected chi connectivity index (χ0v) is 14.4. The van der Waals surface area contributed by atoms with Gasteiger partial charge in [-0.3, -0.25) is 9.20 Å². The maximum absolute atomic E-state index is 12.0. The summed E-state index contributed by atoms with van der Waals surface area (Å²) >= 11 is 0. The molecule has 124 valence electrons. The zero-order chi connectivity index (χ0) is 15.9. The van der Waals surface area contributed by atoms with Crippen molar-refractivity contribution in [3.8, 4) is 0 Å². The highest BCUT2D eigenvalue weighted by molar-refractivity contribution is 7.85. The molecule has 0 aromatic carbocycles. The Balaban J connectivity index is 1.83. The highest BCUT2D eigenvalue weighted by Crippen LogP contribution is 2.22. The molecule has 1 saturated carbocycles. The van der Waals surface area contributed by atoms with E-state index in [1.807, 2.05) is 19.9 Å². The predicted octanol–water partition coefficient (Wildman–Crippen LogP) is 1.73. The number of nitrogens with zero attached hydrogens (tertiary/aromatic N) is 2. The van der Waals surface area contributed by atoms with Crippen LogP contribution in [-0.2, 0) is 17.3 Å². The first-order valence-corrected chi connectivity index (χ1v) is 9.27. The lowest BCUT2D eigenvalue weighted by atomic mass is 9.95. The van der Waals surface area contributed by atoms with Crippen LogP contribution < -0.4 is 10.6 Å². The van der Waals surface area contributed by atoms with Gasteiger partial charge in [0, 0.05) is 41.0 Å². The van der Waals surface area contributed by atoms with E-state index in [-0.39, 0.29) is 0 Å². The van der Waals surface area contributed by atoms with E-state index in [0.29, 0.717) is 17.8 Å². The smallest absolute Gasteiger partial charge is 0.191 e. The molecule has 1 heterocycles. The minimum Gasteiger partial charge on any atom is -0.359 e. The van der Waals surface area contributed by atoms with Crippen LogP contribution in [0.1, 0.15) is 44.1 Å². The fraction of sp³-hybridized carbons (Fsp3) is 0.733. The predicted molar refractivity (Wildman–Crippen MR) is 89.3 cm³/mol. The van der Waals surface area contributed by atoms with Crippen molar-refractivity contribution in [3.63, 3.8) is 0 Å². The topological polar surface area (TPSA) is 79.5 Å². The summed E-state index contributed by atoms with van der Waals surface area (Å²) in [4.78, 5) is 4.25. The average molecular weight is 326 g/mol. The Bertz CT molecular complexity index is 529. The van der Waals surface area contributed by atoms with Crippen molar-refractivity contribution in [1.29, 1.82) is 0 Å². The van der Waals surface area contributed by atoms with Gasteiger partial charge >= 0.3 is 0 Å². The molecule has 1 aliphatic rings. The fourth-order valence-corrected chi connectivity index (χ4v) is 4.16. The third kappa shape index (κ3) is 4.83. The molecule has 0 saturated heterocycles. The lowest BCUT2D eigenvalue weighted by Gasteiger charge is -2.30. The second-order valence-corrected chi connectivity index (χ2v) is 7.67. The lowest BCUT2D eigenvalue weighted by molar-refractivity contribution is 0.374. The molecule has 22 heavy (non-hydrogen) atoms. The molecule has 2 N–H and O–H groups in total. The number of aryl methyl sites for hydroxylation is 1. The van der Waals surface area contributed by atoms with Crippen LogP contribution in [0.4, 0.5) is 0 Å². The highest BCUT2D eigenvalue weighted by atomic mass is 32.2. The first-order chi connectivity index (χ1) is 10.6. The Kier molecular flexibility index (Phi) is 6.42. The standard InChI is InChI=1S/C15H26N4O2S/c1-4-22(20)14-7-5-6-12(9-14)18-15(16-3)17-10-13-8-11(2)19-21-13/h8,12,14H,4-7,9-10H2,1-3H3,(H2,16,17,18). The maximum atomic E-state index is 12.0. The van der Waals surface area contributed by atoms with Gasteiger partial charge in [-0.25, -0.2) is 0 Å². The fourth-order valence-electron chi connectivity index (χ4n) is 2.81. The summed E-state index contributed by atoms with van der Waals surface area (Å²) in [7, 11) is 1.05. The van der Waals surface area contributed by atoms with Crippen LogP contribution in [0, 0.1) is 6.92 Å². The van der Waals surface area contributed by atoms with Crippen LogP contribution in [0.2, 0.25) is 0 Å². The van der Waals surface area contributed by atoms with E-state index in [4.69, 9.17) is 4.52 Å². The molecule has 1 fully saturated rings. The molecule has 3 atom stereocenters. The number of hydrogen-bond donors (Lipinski definition) is 2. The van der Waals surface area contributed by atoms with Crippen molar-refractivity contribution in [2.75, 3.05) is 12.8 Å². The van der Waals surface area contributed by atoms with Crippen molar-refractivity contribution in [1.82, 2.24) is 15.8 Å². The highest BCUT2D eigenvalue weighted by Gasteiger charge is 2.26. The third-order valence-electron chi connectivity index (χ3n) is 3.95. The first-order valence-electron chi connectivity index (χ1n) is 7.89. The molecule has 3 unspecified atom stereocenters. The van der Waals surface area contributed by atoms with Gasteiger partial charge in [0.25, 0.3) is 0 Å². The van der Waals surface area contributed by atoms with Gasteiger partial charge in [-0.15, -0.1) is 0 Å². The Labute approximate surface area is 134 Å². The second-order valence-electron chi connectivity index (χ2n) is 5.66. The SMILES string of the molecule is CCS(=O)C1CCCC(NC(=NC)NCc2cc(C)no2)C1. The van der Waals surface area contributed by atoms with Gasteiger partial charge in [0.2, 0.25) is 0 Å². The van der Waals surface area contributed by atoms with Crippen LogP contribution in [0.25, 0.3) is 0 Å². The summed E-state index contributed by atoms with van der Waals surface area (Å²) in [5.41, 5.74) is 0.872. The molecule has 0 spiro atoms. The van der Waals surface area contributed by atoms with E-state index < -0.39 is 10.8 Å². The molecule has 0 aliphatic heterocycles. The van der Waals surface area contributed by atoms with Gasteiger partial charge in [0.1, 0.15) is 0 Å². The number of guanidine groups is 1. The van der Waals surface area contributed by atoms with Crippen molar-refractivity contribution in [2.24, 2.45) is 4.99 Å². The van der Waals surface area contributed by atoms with Gasteiger partial charge in [0.15, 0.2) is 11.7 Å². The summed E-state index contributed by atoms with van der Waals surface area (Å²) < 4.78 is 17.2. The van der Waals surface area contributed by atoms with Gasteiger partial charge in [-0.1, -0.05) is 18.5 Å². The summed E-state index contributed by atoms with van der Waals surface area (Å²) in [6, 6.07) is 2.23. The summed E-state index contributed by atoms with van der Waals surface area (Å²) in [5.74, 6) is 2.28. The molecular formula is C15H26N4O2S. The second kappa shape index (κ2) is 8.31. The Morgan fingerprint density at radius 2 is 2.36 bits per heavy atom. The van der Waals surface area contributed by atoms with Gasteiger partial charge in [0.05, 0.1) is 12.2 Å². The summed E-state index contributed by atoms with van der Waals surface area (Å²) in [5, 5.41) is 10.8. The number of aliphatic imine (C=N–C) groups is 1. The Morgan fingerprint density at radius 3 is 3.00 bits per heavy atom. The van der Waals surface area contributed by atoms with E-state index in [1.165, 1.54) is 0 Å². The summed E-state index contributed by atoms with van der Waals surface area (Å²) in [6.07, 6.45) is 4.23. The van der Waals surface area contributed by atoms with Crippen molar-refractivity contribution < 1.29 is 8.73 Å². The van der Waals surface area contributed by atoms with Crippen LogP contribution in [0.3, 0.4) is 0 Å². The van der Waals surface area contributed by atoms with Crippen molar-refractivity contribution >= 4 is 16.8 Å². The monoisotopic (exact) mass is 326 g/mol. The normalized spacial score (nSPS) is 24.0. The van der Waals surface area contributed by atoms with E-state index in [9.17, 15) is 4.21 Å². The van der Waals surface area contributed by atoms with Crippen LogP contribution >= 0.6 is 0 Å². The Hall–Kier alpha value is -1.37. The lowest BCUT2D eigenvalue weighted by Crippen LogP contribution is -2.46. The number of rotatable bonds is 5. The van der Waals surface area contributed by atoms with E-state index in [1.54, 1.807) is 7.05 Å². The van der Waals surface area contributed by atoms with Crippen molar-refractivity contribution in [2.45, 2.75) is 57.4 Å². The van der Waals surface area contributed by atoms with Crippen molar-refractivity contribution in [3.05, 3.63) is 17.5 Å². The molecule has 1 aromatic heterocycles. The van der Waals surface area contributed by atoms with Gasteiger partial charge < -0.3 is 15.2 Å². The van der Waals surface area contributed by atoms with Gasteiger partial charge in [-0.05, 0) is 26.2 Å².